The van der Waals surface area contributed by atoms with Crippen LogP contribution in [0.4, 0.5) is 5.69 Å². The molecule has 0 N–H and O–H groups in total. The van der Waals surface area contributed by atoms with Crippen LogP contribution in [0.2, 0.25) is 0 Å². The Labute approximate surface area is 151 Å². The van der Waals surface area contributed by atoms with Gasteiger partial charge in [0.15, 0.2) is 0 Å². The van der Waals surface area contributed by atoms with Crippen molar-refractivity contribution in [2.24, 2.45) is 0 Å². The number of imide groups is 1. The predicted octanol–water partition coefficient (Wildman–Crippen LogP) is 2.88. The van der Waals surface area contributed by atoms with Gasteiger partial charge < -0.3 is 9.47 Å². The lowest BCUT2D eigenvalue weighted by molar-refractivity contribution is -0.121. The number of benzene rings is 2. The second-order valence-corrected chi connectivity index (χ2v) is 5.97. The standard InChI is InChI=1S/C20H19NO5/c1-14-5-7-17(8-6-14)25-11-12-26-20(24)15-3-2-4-16(13-15)21-18(22)9-10-19(21)23/h2-8,13H,9-12H2,1H3. The van der Waals surface area contributed by atoms with Crippen molar-refractivity contribution in [1.82, 2.24) is 0 Å². The van der Waals surface area contributed by atoms with Crippen LogP contribution >= 0.6 is 0 Å². The number of hydrogen-bond acceptors (Lipinski definition) is 5. The van der Waals surface area contributed by atoms with Crippen LogP contribution < -0.4 is 9.64 Å². The molecule has 0 aliphatic carbocycles. The van der Waals surface area contributed by atoms with Crippen LogP contribution in [0.1, 0.15) is 28.8 Å². The average Bonchev–Trinajstić information content (AvgIpc) is 2.98. The Bertz CT molecular complexity index is 812. The zero-order chi connectivity index (χ0) is 18.5. The van der Waals surface area contributed by atoms with E-state index in [1.54, 1.807) is 18.2 Å². The first-order valence-corrected chi connectivity index (χ1v) is 8.37. The lowest BCUT2D eigenvalue weighted by Gasteiger charge is -2.14. The fourth-order valence-electron chi connectivity index (χ4n) is 2.65. The first kappa shape index (κ1) is 17.7. The number of aryl methyl sites for hydroxylation is 1. The summed E-state index contributed by atoms with van der Waals surface area (Å²) in [5, 5.41) is 0. The van der Waals surface area contributed by atoms with Gasteiger partial charge in [0.2, 0.25) is 11.8 Å². The normalized spacial score (nSPS) is 13.8. The Morgan fingerprint density at radius 1 is 1.00 bits per heavy atom. The molecule has 2 amide bonds. The highest BCUT2D eigenvalue weighted by atomic mass is 16.6. The van der Waals surface area contributed by atoms with Gasteiger partial charge in [0.05, 0.1) is 11.3 Å². The van der Waals surface area contributed by atoms with Crippen LogP contribution in [-0.4, -0.2) is 31.0 Å². The molecule has 0 saturated carbocycles. The monoisotopic (exact) mass is 353 g/mol. The first-order chi connectivity index (χ1) is 12.5. The van der Waals surface area contributed by atoms with E-state index in [1.165, 1.54) is 6.07 Å². The van der Waals surface area contributed by atoms with E-state index in [0.29, 0.717) is 11.4 Å². The first-order valence-electron chi connectivity index (χ1n) is 8.37. The molecule has 6 nitrogen and oxygen atoms in total. The fraction of sp³-hybridized carbons (Fsp3) is 0.250. The molecule has 3 rings (SSSR count). The molecule has 1 heterocycles. The minimum absolute atomic E-state index is 0.0957. The van der Waals surface area contributed by atoms with Crippen molar-refractivity contribution in [3.8, 4) is 5.75 Å². The number of carbonyl (C=O) groups excluding carboxylic acids is 3. The minimum Gasteiger partial charge on any atom is -0.490 e. The molecule has 0 radical (unpaired) electrons. The summed E-state index contributed by atoms with van der Waals surface area (Å²) in [5.41, 5.74) is 1.81. The van der Waals surface area contributed by atoms with Gasteiger partial charge in [0.25, 0.3) is 0 Å². The summed E-state index contributed by atoms with van der Waals surface area (Å²) in [4.78, 5) is 36.9. The van der Waals surface area contributed by atoms with E-state index >= 15 is 0 Å². The van der Waals surface area contributed by atoms with Crippen LogP contribution in [0.25, 0.3) is 0 Å². The lowest BCUT2D eigenvalue weighted by Crippen LogP contribution is -2.28. The lowest BCUT2D eigenvalue weighted by atomic mass is 10.2. The third-order valence-corrected chi connectivity index (χ3v) is 4.00. The summed E-state index contributed by atoms with van der Waals surface area (Å²) in [6.45, 7) is 2.32. The Morgan fingerprint density at radius 2 is 1.69 bits per heavy atom. The van der Waals surface area contributed by atoms with Gasteiger partial charge in [0.1, 0.15) is 19.0 Å². The van der Waals surface area contributed by atoms with Crippen molar-refractivity contribution in [3.05, 3.63) is 59.7 Å². The molecule has 0 bridgehead atoms. The van der Waals surface area contributed by atoms with Crippen molar-refractivity contribution in [3.63, 3.8) is 0 Å². The molecule has 0 aromatic heterocycles. The highest BCUT2D eigenvalue weighted by Gasteiger charge is 2.30. The predicted molar refractivity (Wildman–Crippen MR) is 95.1 cm³/mol. The average molecular weight is 353 g/mol. The van der Waals surface area contributed by atoms with Gasteiger partial charge in [-0.1, -0.05) is 23.8 Å². The summed E-state index contributed by atoms with van der Waals surface area (Å²) < 4.78 is 10.7. The number of esters is 1. The Morgan fingerprint density at radius 3 is 2.38 bits per heavy atom. The van der Waals surface area contributed by atoms with Gasteiger partial charge >= 0.3 is 5.97 Å². The molecule has 1 aliphatic heterocycles. The Hall–Kier alpha value is -3.15. The number of anilines is 1. The zero-order valence-electron chi connectivity index (χ0n) is 14.4. The summed E-state index contributed by atoms with van der Waals surface area (Å²) in [5.74, 6) is -0.336. The van der Waals surface area contributed by atoms with E-state index in [2.05, 4.69) is 0 Å². The summed E-state index contributed by atoms with van der Waals surface area (Å²) in [6.07, 6.45) is 0.397. The fourth-order valence-corrected chi connectivity index (χ4v) is 2.65. The number of nitrogens with zero attached hydrogens (tertiary/aromatic N) is 1. The Balaban J connectivity index is 1.55. The molecule has 1 aliphatic rings. The largest absolute Gasteiger partial charge is 0.490 e. The van der Waals surface area contributed by atoms with E-state index in [1.807, 2.05) is 31.2 Å². The Kier molecular flexibility index (Phi) is 5.31. The van der Waals surface area contributed by atoms with Gasteiger partial charge in [-0.25, -0.2) is 4.79 Å². The van der Waals surface area contributed by atoms with Crippen molar-refractivity contribution in [2.45, 2.75) is 19.8 Å². The molecular weight excluding hydrogens is 334 g/mol. The van der Waals surface area contributed by atoms with Crippen LogP contribution in [0.15, 0.2) is 48.5 Å². The smallest absolute Gasteiger partial charge is 0.338 e. The molecule has 1 saturated heterocycles. The number of amides is 2. The third kappa shape index (κ3) is 4.08. The van der Waals surface area contributed by atoms with Crippen molar-refractivity contribution < 1.29 is 23.9 Å². The van der Waals surface area contributed by atoms with E-state index in [9.17, 15) is 14.4 Å². The summed E-state index contributed by atoms with van der Waals surface area (Å²) in [7, 11) is 0. The maximum atomic E-state index is 12.2. The highest BCUT2D eigenvalue weighted by Crippen LogP contribution is 2.23. The molecule has 2 aromatic carbocycles. The van der Waals surface area contributed by atoms with Crippen molar-refractivity contribution in [1.29, 1.82) is 0 Å². The van der Waals surface area contributed by atoms with Gasteiger partial charge in [-0.2, -0.15) is 0 Å². The summed E-state index contributed by atoms with van der Waals surface area (Å²) in [6, 6.07) is 13.9. The minimum atomic E-state index is -0.529. The van der Waals surface area contributed by atoms with Crippen LogP contribution in [0, 0.1) is 6.92 Å². The maximum absolute atomic E-state index is 12.2. The van der Waals surface area contributed by atoms with Gasteiger partial charge in [0, 0.05) is 12.8 Å². The topological polar surface area (TPSA) is 72.9 Å². The quantitative estimate of drug-likeness (QED) is 0.454. The number of rotatable bonds is 6. The SMILES string of the molecule is Cc1ccc(OCCOC(=O)c2cccc(N3C(=O)CCC3=O)c2)cc1. The molecule has 0 spiro atoms. The summed E-state index contributed by atoms with van der Waals surface area (Å²) >= 11 is 0. The second-order valence-electron chi connectivity index (χ2n) is 5.97. The molecule has 6 heteroatoms. The second kappa shape index (κ2) is 7.82. The molecule has 2 aromatic rings. The van der Waals surface area contributed by atoms with Gasteiger partial charge in [-0.05, 0) is 37.3 Å². The molecule has 26 heavy (non-hydrogen) atoms. The molecule has 0 unspecified atom stereocenters. The van der Waals surface area contributed by atoms with Gasteiger partial charge in [-0.3, -0.25) is 14.5 Å². The van der Waals surface area contributed by atoms with E-state index < -0.39 is 5.97 Å². The number of ether oxygens (including phenoxy) is 2. The highest BCUT2D eigenvalue weighted by molar-refractivity contribution is 6.20. The van der Waals surface area contributed by atoms with Crippen molar-refractivity contribution >= 4 is 23.5 Å². The molecular formula is C20H19NO5. The van der Waals surface area contributed by atoms with Crippen molar-refractivity contribution in [2.75, 3.05) is 18.1 Å². The van der Waals surface area contributed by atoms with Crippen LogP contribution in [0.5, 0.6) is 5.75 Å². The van der Waals surface area contributed by atoms with Crippen LogP contribution in [-0.2, 0) is 14.3 Å². The van der Waals surface area contributed by atoms with E-state index in [0.717, 1.165) is 10.5 Å². The maximum Gasteiger partial charge on any atom is 0.338 e. The number of hydrogen-bond donors (Lipinski definition) is 0. The van der Waals surface area contributed by atoms with E-state index in [4.69, 9.17) is 9.47 Å². The third-order valence-electron chi connectivity index (χ3n) is 4.00. The van der Waals surface area contributed by atoms with Crippen LogP contribution in [0.3, 0.4) is 0 Å². The number of carbonyl (C=O) groups is 3. The zero-order valence-corrected chi connectivity index (χ0v) is 14.4. The molecule has 0 atom stereocenters. The molecule has 1 fully saturated rings. The van der Waals surface area contributed by atoms with Gasteiger partial charge in [-0.15, -0.1) is 0 Å². The van der Waals surface area contributed by atoms with E-state index in [-0.39, 0.29) is 43.4 Å². The molecule has 134 valence electrons.